The molecule has 0 fully saturated rings. The number of methoxy groups -OCH3 is 4. The second-order valence-electron chi connectivity index (χ2n) is 6.82. The van der Waals surface area contributed by atoms with Crippen LogP contribution in [-0.4, -0.2) is 54.0 Å². The molecule has 140 valence electrons. The van der Waals surface area contributed by atoms with E-state index in [4.69, 9.17) is 18.9 Å². The molecule has 0 spiro atoms. The van der Waals surface area contributed by atoms with Crippen LogP contribution in [0.5, 0.6) is 23.0 Å². The second kappa shape index (κ2) is 7.46. The number of ether oxygens (including phenoxy) is 4. The van der Waals surface area contributed by atoms with Crippen molar-refractivity contribution in [3.63, 3.8) is 0 Å². The van der Waals surface area contributed by atoms with Gasteiger partial charge in [0.25, 0.3) is 0 Å². The van der Waals surface area contributed by atoms with Crippen LogP contribution < -0.4 is 18.9 Å². The van der Waals surface area contributed by atoms with E-state index in [0.717, 1.165) is 47.1 Å². The first-order valence-electron chi connectivity index (χ1n) is 8.68. The molecule has 1 atom stereocenters. The smallest absolute Gasteiger partial charge is 0.161 e. The molecule has 0 amide bonds. The maximum atomic E-state index is 5.54. The first-order valence-corrected chi connectivity index (χ1v) is 8.68. The van der Waals surface area contributed by atoms with E-state index in [1.165, 1.54) is 11.1 Å². The summed E-state index contributed by atoms with van der Waals surface area (Å²) in [5, 5.41) is 0. The zero-order chi connectivity index (χ0) is 18.8. The molecule has 0 N–H and O–H groups in total. The third-order valence-electron chi connectivity index (χ3n) is 4.95. The zero-order valence-corrected chi connectivity index (χ0v) is 16.4. The van der Waals surface area contributed by atoms with Crippen LogP contribution in [0.2, 0.25) is 0 Å². The molecule has 0 bridgehead atoms. The molecule has 0 aromatic heterocycles. The molecular weight excluding hydrogens is 330 g/mol. The van der Waals surface area contributed by atoms with Gasteiger partial charge < -0.3 is 23.8 Å². The Morgan fingerprint density at radius 1 is 0.769 bits per heavy atom. The molecule has 1 unspecified atom stereocenters. The highest BCUT2D eigenvalue weighted by molar-refractivity contribution is 5.79. The first-order chi connectivity index (χ1) is 12.5. The van der Waals surface area contributed by atoms with Gasteiger partial charge in [-0.3, -0.25) is 0 Å². The summed E-state index contributed by atoms with van der Waals surface area (Å²) in [6.07, 6.45) is 0.941. The van der Waals surface area contributed by atoms with E-state index in [0.29, 0.717) is 5.92 Å². The predicted octanol–water partition coefficient (Wildman–Crippen LogP) is 3.59. The van der Waals surface area contributed by atoms with E-state index in [1.807, 2.05) is 0 Å². The van der Waals surface area contributed by atoms with E-state index < -0.39 is 0 Å². The van der Waals surface area contributed by atoms with Gasteiger partial charge in [0.1, 0.15) is 0 Å². The predicted molar refractivity (Wildman–Crippen MR) is 103 cm³/mol. The maximum absolute atomic E-state index is 5.54. The quantitative estimate of drug-likeness (QED) is 0.790. The van der Waals surface area contributed by atoms with Gasteiger partial charge in [0.05, 0.1) is 28.4 Å². The van der Waals surface area contributed by atoms with Gasteiger partial charge in [0, 0.05) is 12.5 Å². The Kier molecular flexibility index (Phi) is 5.28. The van der Waals surface area contributed by atoms with Gasteiger partial charge in [0.15, 0.2) is 23.0 Å². The molecule has 1 aliphatic rings. The molecule has 3 rings (SSSR count). The molecule has 0 saturated heterocycles. The lowest BCUT2D eigenvalue weighted by atomic mass is 9.78. The van der Waals surface area contributed by atoms with Gasteiger partial charge >= 0.3 is 0 Å². The minimum Gasteiger partial charge on any atom is -0.493 e. The van der Waals surface area contributed by atoms with Crippen molar-refractivity contribution in [2.45, 2.75) is 12.3 Å². The third kappa shape index (κ3) is 3.19. The lowest BCUT2D eigenvalue weighted by Crippen LogP contribution is -2.24. The van der Waals surface area contributed by atoms with Crippen LogP contribution >= 0.6 is 0 Å². The van der Waals surface area contributed by atoms with E-state index >= 15 is 0 Å². The second-order valence-corrected chi connectivity index (χ2v) is 6.82. The fourth-order valence-corrected chi connectivity index (χ4v) is 3.79. The van der Waals surface area contributed by atoms with Crippen molar-refractivity contribution in [2.75, 3.05) is 49.1 Å². The molecular formula is C21H27NO4. The normalized spacial score (nSPS) is 15.3. The van der Waals surface area contributed by atoms with Gasteiger partial charge in [0.2, 0.25) is 0 Å². The van der Waals surface area contributed by atoms with Crippen molar-refractivity contribution >= 4 is 0 Å². The van der Waals surface area contributed by atoms with E-state index in [1.54, 1.807) is 28.4 Å². The zero-order valence-electron chi connectivity index (χ0n) is 16.4. The van der Waals surface area contributed by atoms with Crippen molar-refractivity contribution in [3.8, 4) is 34.1 Å². The molecule has 0 aliphatic heterocycles. The number of nitrogens with zero attached hydrogens (tertiary/aromatic N) is 1. The number of hydrogen-bond donors (Lipinski definition) is 0. The minimum absolute atomic E-state index is 0.366. The van der Waals surface area contributed by atoms with Crippen LogP contribution in [0.1, 0.15) is 17.0 Å². The van der Waals surface area contributed by atoms with Crippen molar-refractivity contribution in [1.29, 1.82) is 0 Å². The number of likely N-dealkylation sites (N-methyl/N-ethyl adjacent to an activating group) is 1. The van der Waals surface area contributed by atoms with Gasteiger partial charge in [-0.1, -0.05) is 0 Å². The summed E-state index contributed by atoms with van der Waals surface area (Å²) < 4.78 is 22.1. The van der Waals surface area contributed by atoms with E-state index in [2.05, 4.69) is 43.3 Å². The number of rotatable bonds is 6. The molecule has 0 saturated carbocycles. The fourth-order valence-electron chi connectivity index (χ4n) is 3.79. The summed E-state index contributed by atoms with van der Waals surface area (Å²) in [4.78, 5) is 2.22. The standard InChI is InChI=1S/C21H27NO4/c1-22(2)12-14-7-13-8-18(23-3)19(24-4)9-15(13)17-11-21(26-6)20(25-5)10-16(14)17/h8-11,14H,7,12H2,1-6H3. The Balaban J connectivity index is 2.23. The molecule has 1 aliphatic carbocycles. The summed E-state index contributed by atoms with van der Waals surface area (Å²) in [5.74, 6) is 3.36. The highest BCUT2D eigenvalue weighted by Gasteiger charge is 2.28. The van der Waals surface area contributed by atoms with Gasteiger partial charge in [-0.25, -0.2) is 0 Å². The molecule has 5 heteroatoms. The van der Waals surface area contributed by atoms with Crippen molar-refractivity contribution in [1.82, 2.24) is 4.90 Å². The Morgan fingerprint density at radius 3 is 1.81 bits per heavy atom. The summed E-state index contributed by atoms with van der Waals surface area (Å²) in [6.45, 7) is 0.955. The molecule has 0 radical (unpaired) electrons. The maximum Gasteiger partial charge on any atom is 0.161 e. The van der Waals surface area contributed by atoms with Crippen molar-refractivity contribution in [2.24, 2.45) is 0 Å². The Bertz CT molecular complexity index is 801. The monoisotopic (exact) mass is 357 g/mol. The average molecular weight is 357 g/mol. The van der Waals surface area contributed by atoms with E-state index in [-0.39, 0.29) is 0 Å². The van der Waals surface area contributed by atoms with Gasteiger partial charge in [-0.05, 0) is 67.0 Å². The van der Waals surface area contributed by atoms with Crippen molar-refractivity contribution < 1.29 is 18.9 Å². The minimum atomic E-state index is 0.366. The van der Waals surface area contributed by atoms with Crippen LogP contribution in [0.25, 0.3) is 11.1 Å². The highest BCUT2D eigenvalue weighted by atomic mass is 16.5. The summed E-state index contributed by atoms with van der Waals surface area (Å²) in [6, 6.07) is 8.34. The van der Waals surface area contributed by atoms with E-state index in [9.17, 15) is 0 Å². The number of fused-ring (bicyclic) bond motifs is 3. The SMILES string of the molecule is COc1cc2c(cc1OC)-c1cc(OC)c(OC)cc1C(CN(C)C)C2. The van der Waals surface area contributed by atoms with Crippen LogP contribution in [0.4, 0.5) is 0 Å². The topological polar surface area (TPSA) is 40.2 Å². The Hall–Kier alpha value is -2.40. The van der Waals surface area contributed by atoms with Gasteiger partial charge in [-0.2, -0.15) is 0 Å². The van der Waals surface area contributed by atoms with Crippen LogP contribution in [-0.2, 0) is 6.42 Å². The highest BCUT2D eigenvalue weighted by Crippen LogP contribution is 2.47. The van der Waals surface area contributed by atoms with Crippen LogP contribution in [0, 0.1) is 0 Å². The third-order valence-corrected chi connectivity index (χ3v) is 4.95. The summed E-state index contributed by atoms with van der Waals surface area (Å²) >= 11 is 0. The molecule has 5 nitrogen and oxygen atoms in total. The lowest BCUT2D eigenvalue weighted by Gasteiger charge is -2.31. The average Bonchev–Trinajstić information content (AvgIpc) is 2.65. The number of benzene rings is 2. The fraction of sp³-hybridized carbons (Fsp3) is 0.429. The summed E-state index contributed by atoms with van der Waals surface area (Å²) in [7, 11) is 10.9. The Morgan fingerprint density at radius 2 is 1.27 bits per heavy atom. The first kappa shape index (κ1) is 18.4. The van der Waals surface area contributed by atoms with Crippen molar-refractivity contribution in [3.05, 3.63) is 35.4 Å². The number of hydrogen-bond acceptors (Lipinski definition) is 5. The lowest BCUT2D eigenvalue weighted by molar-refractivity contribution is 0.348. The van der Waals surface area contributed by atoms with Crippen LogP contribution in [0.3, 0.4) is 0 Å². The molecule has 26 heavy (non-hydrogen) atoms. The summed E-state index contributed by atoms with van der Waals surface area (Å²) in [5.41, 5.74) is 4.86. The van der Waals surface area contributed by atoms with Crippen LogP contribution in [0.15, 0.2) is 24.3 Å². The molecule has 0 heterocycles. The van der Waals surface area contributed by atoms with Gasteiger partial charge in [-0.15, -0.1) is 0 Å². The molecule has 2 aromatic rings. The Labute approximate surface area is 155 Å². The largest absolute Gasteiger partial charge is 0.493 e. The molecule has 2 aromatic carbocycles.